The first kappa shape index (κ1) is 13.5. The fourth-order valence-corrected chi connectivity index (χ4v) is 3.46. The van der Waals surface area contributed by atoms with Gasteiger partial charge in [-0.2, -0.15) is 0 Å². The van der Waals surface area contributed by atoms with Gasteiger partial charge in [0.05, 0.1) is 12.1 Å². The van der Waals surface area contributed by atoms with Gasteiger partial charge in [0.15, 0.2) is 0 Å². The fourth-order valence-electron chi connectivity index (χ4n) is 2.74. The van der Waals surface area contributed by atoms with E-state index in [-0.39, 0.29) is 17.3 Å². The number of carbonyl (C=O) groups excluding carboxylic acids is 1. The Morgan fingerprint density at radius 1 is 1.60 bits per heavy atom. The lowest BCUT2D eigenvalue weighted by Gasteiger charge is -2.30. The average molecular weight is 291 g/mol. The third-order valence-electron chi connectivity index (χ3n) is 3.82. The molecule has 6 heteroatoms. The molecule has 0 amide bonds. The Balaban J connectivity index is 1.78. The van der Waals surface area contributed by atoms with Gasteiger partial charge in [-0.3, -0.25) is 14.5 Å². The second kappa shape index (κ2) is 5.46. The molecule has 1 N–H and O–H groups in total. The molecule has 0 radical (unpaired) electrons. The predicted octanol–water partition coefficient (Wildman–Crippen LogP) is 1.79. The van der Waals surface area contributed by atoms with Gasteiger partial charge in [0.2, 0.25) is 0 Å². The Kier molecular flexibility index (Phi) is 3.67. The van der Waals surface area contributed by atoms with Crippen LogP contribution in [-0.4, -0.2) is 33.7 Å². The lowest BCUT2D eigenvalue weighted by atomic mass is 9.95. The van der Waals surface area contributed by atoms with Crippen molar-refractivity contribution in [1.82, 2.24) is 14.9 Å². The van der Waals surface area contributed by atoms with Gasteiger partial charge >= 0.3 is 0 Å². The summed E-state index contributed by atoms with van der Waals surface area (Å²) in [4.78, 5) is 32.9. The van der Waals surface area contributed by atoms with Crippen LogP contribution in [0.5, 0.6) is 0 Å². The van der Waals surface area contributed by atoms with Crippen molar-refractivity contribution in [2.24, 2.45) is 5.92 Å². The number of fused-ring (bicyclic) bond motifs is 1. The molecule has 1 saturated heterocycles. The number of likely N-dealkylation sites (tertiary alicyclic amines) is 1. The zero-order valence-corrected chi connectivity index (χ0v) is 12.2. The molecule has 20 heavy (non-hydrogen) atoms. The maximum atomic E-state index is 11.9. The molecule has 2 aromatic rings. The molecular formula is C14H17N3O2S. The number of aromatic amines is 1. The summed E-state index contributed by atoms with van der Waals surface area (Å²) in [5, 5.41) is 1.88. The monoisotopic (exact) mass is 291 g/mol. The van der Waals surface area contributed by atoms with E-state index < -0.39 is 0 Å². The zero-order valence-electron chi connectivity index (χ0n) is 11.4. The molecule has 0 bridgehead atoms. The van der Waals surface area contributed by atoms with Gasteiger partial charge in [-0.25, -0.2) is 4.98 Å². The molecule has 3 rings (SSSR count). The van der Waals surface area contributed by atoms with Crippen LogP contribution in [0.2, 0.25) is 0 Å². The Morgan fingerprint density at radius 2 is 2.45 bits per heavy atom. The second-order valence-corrected chi connectivity index (χ2v) is 6.25. The van der Waals surface area contributed by atoms with Gasteiger partial charge in [-0.15, -0.1) is 11.3 Å². The van der Waals surface area contributed by atoms with Crippen LogP contribution >= 0.6 is 11.3 Å². The minimum absolute atomic E-state index is 0.0693. The summed E-state index contributed by atoms with van der Waals surface area (Å²) in [5.41, 5.74) is 0.689. The number of H-pyrrole nitrogens is 1. The highest BCUT2D eigenvalue weighted by atomic mass is 32.1. The minimum Gasteiger partial charge on any atom is -0.308 e. The Morgan fingerprint density at radius 3 is 3.25 bits per heavy atom. The molecule has 3 heterocycles. The van der Waals surface area contributed by atoms with Crippen LogP contribution in [-0.2, 0) is 11.3 Å². The van der Waals surface area contributed by atoms with Crippen molar-refractivity contribution in [2.45, 2.75) is 26.3 Å². The maximum absolute atomic E-state index is 11.9. The zero-order chi connectivity index (χ0) is 14.1. The first-order valence-corrected chi connectivity index (χ1v) is 7.70. The molecule has 0 aliphatic carbocycles. The number of nitrogens with one attached hydrogen (secondary N) is 1. The molecule has 0 aromatic carbocycles. The third kappa shape index (κ3) is 2.66. The largest absolute Gasteiger partial charge is 0.308 e. The van der Waals surface area contributed by atoms with E-state index in [1.165, 1.54) is 11.3 Å². The van der Waals surface area contributed by atoms with Crippen molar-refractivity contribution in [1.29, 1.82) is 0 Å². The fraction of sp³-hybridized carbons (Fsp3) is 0.500. The number of nitrogens with zero attached hydrogens (tertiary/aromatic N) is 2. The van der Waals surface area contributed by atoms with Gasteiger partial charge < -0.3 is 4.98 Å². The summed E-state index contributed by atoms with van der Waals surface area (Å²) in [7, 11) is 0. The Hall–Kier alpha value is -1.53. The van der Waals surface area contributed by atoms with Gasteiger partial charge in [-0.05, 0) is 37.8 Å². The van der Waals surface area contributed by atoms with Crippen molar-refractivity contribution in [2.75, 3.05) is 13.1 Å². The number of carbonyl (C=O) groups is 1. The average Bonchev–Trinajstić information content (AvgIpc) is 2.88. The van der Waals surface area contributed by atoms with Crippen molar-refractivity contribution in [3.05, 3.63) is 27.6 Å². The molecule has 1 aliphatic rings. The normalized spacial score (nSPS) is 20.4. The first-order valence-electron chi connectivity index (χ1n) is 6.82. The van der Waals surface area contributed by atoms with Crippen LogP contribution in [0.3, 0.4) is 0 Å². The molecule has 1 fully saturated rings. The van der Waals surface area contributed by atoms with Gasteiger partial charge in [0.25, 0.3) is 5.56 Å². The Bertz CT molecular complexity index is 691. The molecule has 1 aliphatic heterocycles. The highest BCUT2D eigenvalue weighted by Gasteiger charge is 2.23. The first-order chi connectivity index (χ1) is 9.63. The van der Waals surface area contributed by atoms with E-state index in [9.17, 15) is 9.59 Å². The molecule has 1 atom stereocenters. The molecule has 1 unspecified atom stereocenters. The minimum atomic E-state index is -0.0693. The second-order valence-electron chi connectivity index (χ2n) is 5.33. The number of rotatable bonds is 3. The Labute approximate surface area is 120 Å². The van der Waals surface area contributed by atoms with Gasteiger partial charge in [0, 0.05) is 12.5 Å². The van der Waals surface area contributed by atoms with E-state index in [1.807, 2.05) is 11.4 Å². The van der Waals surface area contributed by atoms with Crippen LogP contribution in [0, 0.1) is 5.92 Å². The van der Waals surface area contributed by atoms with Crippen LogP contribution in [0.4, 0.5) is 0 Å². The molecule has 2 aromatic heterocycles. The summed E-state index contributed by atoms with van der Waals surface area (Å²) < 4.78 is 0.675. The number of ketones is 1. The lowest BCUT2D eigenvalue weighted by molar-refractivity contribution is -0.122. The predicted molar refractivity (Wildman–Crippen MR) is 78.9 cm³/mol. The van der Waals surface area contributed by atoms with Crippen LogP contribution in [0.25, 0.3) is 10.2 Å². The summed E-state index contributed by atoms with van der Waals surface area (Å²) in [5.74, 6) is 1.06. The third-order valence-corrected chi connectivity index (χ3v) is 4.72. The molecule has 106 valence electrons. The summed E-state index contributed by atoms with van der Waals surface area (Å²) in [6.07, 6.45) is 1.99. The number of thiophene rings is 1. The summed E-state index contributed by atoms with van der Waals surface area (Å²) in [6, 6.07) is 1.87. The standard InChI is InChI=1S/C14H17N3O2S/c1-9(18)10-3-2-5-17(7-10)8-12-15-11-4-6-20-13(11)14(19)16-12/h4,6,10H,2-3,5,7-8H2,1H3,(H,15,16,19). The number of hydrogen-bond acceptors (Lipinski definition) is 5. The SMILES string of the molecule is CC(=O)C1CCCN(Cc2nc3ccsc3c(=O)[nH]2)C1. The number of aromatic nitrogens is 2. The van der Waals surface area contributed by atoms with E-state index in [0.717, 1.165) is 31.4 Å². The van der Waals surface area contributed by atoms with Crippen molar-refractivity contribution >= 4 is 27.3 Å². The van der Waals surface area contributed by atoms with Crippen LogP contribution in [0.15, 0.2) is 16.2 Å². The summed E-state index contributed by atoms with van der Waals surface area (Å²) in [6.45, 7) is 3.98. The number of piperidine rings is 1. The highest BCUT2D eigenvalue weighted by Crippen LogP contribution is 2.19. The lowest BCUT2D eigenvalue weighted by Crippen LogP contribution is -2.38. The van der Waals surface area contributed by atoms with Gasteiger partial charge in [0.1, 0.15) is 16.3 Å². The van der Waals surface area contributed by atoms with Gasteiger partial charge in [-0.1, -0.05) is 0 Å². The molecule has 0 spiro atoms. The van der Waals surface area contributed by atoms with E-state index in [1.54, 1.807) is 6.92 Å². The highest BCUT2D eigenvalue weighted by molar-refractivity contribution is 7.17. The van der Waals surface area contributed by atoms with E-state index in [4.69, 9.17) is 0 Å². The quantitative estimate of drug-likeness (QED) is 0.936. The van der Waals surface area contributed by atoms with Crippen molar-refractivity contribution in [3.8, 4) is 0 Å². The topological polar surface area (TPSA) is 66.1 Å². The van der Waals surface area contributed by atoms with E-state index in [0.29, 0.717) is 17.1 Å². The van der Waals surface area contributed by atoms with Crippen molar-refractivity contribution in [3.63, 3.8) is 0 Å². The number of hydrogen-bond donors (Lipinski definition) is 1. The molecule has 5 nitrogen and oxygen atoms in total. The van der Waals surface area contributed by atoms with Crippen LogP contribution in [0.1, 0.15) is 25.6 Å². The van der Waals surface area contributed by atoms with Crippen molar-refractivity contribution < 1.29 is 4.79 Å². The van der Waals surface area contributed by atoms with E-state index >= 15 is 0 Å². The summed E-state index contributed by atoms with van der Waals surface area (Å²) >= 11 is 1.41. The molecular weight excluding hydrogens is 274 g/mol. The van der Waals surface area contributed by atoms with Crippen LogP contribution < -0.4 is 5.56 Å². The molecule has 0 saturated carbocycles. The smallest absolute Gasteiger partial charge is 0.268 e. The van der Waals surface area contributed by atoms with E-state index in [2.05, 4.69) is 14.9 Å². The maximum Gasteiger partial charge on any atom is 0.268 e. The number of Topliss-reactive ketones (excluding diaryl/α,β-unsaturated/α-hetero) is 1.